The highest BCUT2D eigenvalue weighted by molar-refractivity contribution is 4.70. The van der Waals surface area contributed by atoms with Crippen molar-refractivity contribution in [1.82, 2.24) is 0 Å². The van der Waals surface area contributed by atoms with Gasteiger partial charge in [0.1, 0.15) is 0 Å². The fourth-order valence-electron chi connectivity index (χ4n) is 1.38. The van der Waals surface area contributed by atoms with Crippen molar-refractivity contribution in [1.29, 1.82) is 0 Å². The number of hydrogen-bond donors (Lipinski definition) is 1. The van der Waals surface area contributed by atoms with Gasteiger partial charge in [0.15, 0.2) is 0 Å². The van der Waals surface area contributed by atoms with Crippen molar-refractivity contribution in [3.8, 4) is 0 Å². The molecule has 1 heterocycles. The summed E-state index contributed by atoms with van der Waals surface area (Å²) in [6, 6.07) is -0.978. The Balaban J connectivity index is 2.07. The van der Waals surface area contributed by atoms with Gasteiger partial charge in [-0.05, 0) is 25.7 Å². The van der Waals surface area contributed by atoms with E-state index in [-0.39, 0.29) is 6.10 Å². The smallest absolute Gasteiger partial charge is 0.253 e. The van der Waals surface area contributed by atoms with Gasteiger partial charge in [-0.1, -0.05) is 0 Å². The Morgan fingerprint density at radius 1 is 1.50 bits per heavy atom. The molecule has 0 radical (unpaired) electrons. The van der Waals surface area contributed by atoms with Crippen LogP contribution in [0.3, 0.4) is 0 Å². The molecule has 0 aromatic carbocycles. The summed E-state index contributed by atoms with van der Waals surface area (Å²) in [4.78, 5) is 0. The number of hydrogen-bond acceptors (Lipinski definition) is 2. The molecule has 72 valence electrons. The molecular weight excluding hydrogens is 164 g/mol. The molecule has 1 aliphatic heterocycles. The number of alkyl halides is 2. The Labute approximate surface area is 71.1 Å². The van der Waals surface area contributed by atoms with Crippen LogP contribution < -0.4 is 5.73 Å². The minimum absolute atomic E-state index is 0.176. The molecule has 2 unspecified atom stereocenters. The van der Waals surface area contributed by atoms with Gasteiger partial charge in [0, 0.05) is 6.61 Å². The predicted octanol–water partition coefficient (Wildman–Crippen LogP) is 1.54. The van der Waals surface area contributed by atoms with Crippen LogP contribution in [-0.4, -0.2) is 25.2 Å². The SMILES string of the molecule is NC(CCC1CCCO1)C(F)F. The Kier molecular flexibility index (Phi) is 3.88. The van der Waals surface area contributed by atoms with Crippen molar-refractivity contribution >= 4 is 0 Å². The average molecular weight is 179 g/mol. The quantitative estimate of drug-likeness (QED) is 0.710. The molecule has 1 aliphatic rings. The van der Waals surface area contributed by atoms with E-state index in [1.54, 1.807) is 0 Å². The number of nitrogens with two attached hydrogens (primary N) is 1. The minimum Gasteiger partial charge on any atom is -0.378 e. The summed E-state index contributed by atoms with van der Waals surface area (Å²) in [6.45, 7) is 0.772. The van der Waals surface area contributed by atoms with Crippen molar-refractivity contribution < 1.29 is 13.5 Å². The minimum atomic E-state index is -2.40. The maximum absolute atomic E-state index is 11.9. The zero-order chi connectivity index (χ0) is 8.97. The number of rotatable bonds is 4. The molecule has 2 nitrogen and oxygen atoms in total. The third-order valence-corrected chi connectivity index (χ3v) is 2.17. The molecule has 12 heavy (non-hydrogen) atoms. The molecule has 2 N–H and O–H groups in total. The molecule has 0 spiro atoms. The van der Waals surface area contributed by atoms with Crippen LogP contribution in [0.25, 0.3) is 0 Å². The van der Waals surface area contributed by atoms with Crippen molar-refractivity contribution in [2.75, 3.05) is 6.61 Å². The largest absolute Gasteiger partial charge is 0.378 e. The third-order valence-electron chi connectivity index (χ3n) is 2.17. The van der Waals surface area contributed by atoms with Gasteiger partial charge < -0.3 is 10.5 Å². The van der Waals surface area contributed by atoms with E-state index in [1.807, 2.05) is 0 Å². The van der Waals surface area contributed by atoms with Gasteiger partial charge in [-0.3, -0.25) is 0 Å². The highest BCUT2D eigenvalue weighted by atomic mass is 19.3. The Hall–Kier alpha value is -0.220. The van der Waals surface area contributed by atoms with Crippen molar-refractivity contribution in [2.45, 2.75) is 44.3 Å². The van der Waals surface area contributed by atoms with Gasteiger partial charge in [-0.25, -0.2) is 8.78 Å². The lowest BCUT2D eigenvalue weighted by Gasteiger charge is -2.13. The van der Waals surface area contributed by atoms with Gasteiger partial charge in [-0.2, -0.15) is 0 Å². The molecule has 4 heteroatoms. The second-order valence-electron chi connectivity index (χ2n) is 3.21. The first-order valence-electron chi connectivity index (χ1n) is 4.35. The maximum Gasteiger partial charge on any atom is 0.253 e. The highest BCUT2D eigenvalue weighted by Gasteiger charge is 2.20. The van der Waals surface area contributed by atoms with E-state index in [2.05, 4.69) is 0 Å². The monoisotopic (exact) mass is 179 g/mol. The highest BCUT2D eigenvalue weighted by Crippen LogP contribution is 2.18. The molecule has 0 amide bonds. The van der Waals surface area contributed by atoms with E-state index in [1.165, 1.54) is 0 Å². The van der Waals surface area contributed by atoms with Crippen LogP contribution in [0.1, 0.15) is 25.7 Å². The van der Waals surface area contributed by atoms with Gasteiger partial charge in [-0.15, -0.1) is 0 Å². The second-order valence-corrected chi connectivity index (χ2v) is 3.21. The molecule has 0 aliphatic carbocycles. The molecule has 1 saturated heterocycles. The van der Waals surface area contributed by atoms with Gasteiger partial charge in [0.05, 0.1) is 12.1 Å². The molecule has 0 bridgehead atoms. The summed E-state index contributed by atoms with van der Waals surface area (Å²) in [7, 11) is 0. The molecule has 1 rings (SSSR count). The van der Waals surface area contributed by atoms with Crippen molar-refractivity contribution in [3.05, 3.63) is 0 Å². The first-order valence-corrected chi connectivity index (χ1v) is 4.35. The van der Waals surface area contributed by atoms with E-state index in [0.717, 1.165) is 19.4 Å². The lowest BCUT2D eigenvalue weighted by atomic mass is 10.1. The Morgan fingerprint density at radius 3 is 2.75 bits per heavy atom. The predicted molar refractivity (Wildman–Crippen MR) is 42.2 cm³/mol. The maximum atomic E-state index is 11.9. The van der Waals surface area contributed by atoms with Crippen LogP contribution in [0.4, 0.5) is 8.78 Å². The molecule has 1 fully saturated rings. The fourth-order valence-corrected chi connectivity index (χ4v) is 1.38. The van der Waals surface area contributed by atoms with E-state index in [9.17, 15) is 8.78 Å². The summed E-state index contributed by atoms with van der Waals surface area (Å²) in [6.07, 6.45) is 0.861. The summed E-state index contributed by atoms with van der Waals surface area (Å²) in [5, 5.41) is 0. The lowest BCUT2D eigenvalue weighted by molar-refractivity contribution is 0.0790. The zero-order valence-corrected chi connectivity index (χ0v) is 7.01. The van der Waals surface area contributed by atoms with Crippen molar-refractivity contribution in [2.24, 2.45) is 5.73 Å². The fraction of sp³-hybridized carbons (Fsp3) is 1.00. The molecular formula is C8H15F2NO. The standard InChI is InChI=1S/C8H15F2NO/c9-8(10)7(11)4-3-6-2-1-5-12-6/h6-8H,1-5,11H2. The van der Waals surface area contributed by atoms with E-state index in [0.29, 0.717) is 12.8 Å². The summed E-state index contributed by atoms with van der Waals surface area (Å²) >= 11 is 0. The second kappa shape index (κ2) is 4.72. The third kappa shape index (κ3) is 3.03. The van der Waals surface area contributed by atoms with Gasteiger partial charge in [0.25, 0.3) is 6.43 Å². The zero-order valence-electron chi connectivity index (χ0n) is 7.01. The van der Waals surface area contributed by atoms with Crippen molar-refractivity contribution in [3.63, 3.8) is 0 Å². The summed E-state index contributed by atoms with van der Waals surface area (Å²) in [5.41, 5.74) is 5.19. The van der Waals surface area contributed by atoms with E-state index < -0.39 is 12.5 Å². The number of halogens is 2. The van der Waals surface area contributed by atoms with Gasteiger partial charge >= 0.3 is 0 Å². The van der Waals surface area contributed by atoms with Crippen LogP contribution >= 0.6 is 0 Å². The Morgan fingerprint density at radius 2 is 2.25 bits per heavy atom. The first kappa shape index (κ1) is 9.86. The van der Waals surface area contributed by atoms with Crippen LogP contribution in [0.15, 0.2) is 0 Å². The molecule has 0 saturated carbocycles. The van der Waals surface area contributed by atoms with Crippen LogP contribution in [0.5, 0.6) is 0 Å². The van der Waals surface area contributed by atoms with Crippen LogP contribution in [0, 0.1) is 0 Å². The normalized spacial score (nSPS) is 26.5. The van der Waals surface area contributed by atoms with Crippen LogP contribution in [-0.2, 0) is 4.74 Å². The summed E-state index contributed by atoms with van der Waals surface area (Å²) in [5.74, 6) is 0. The average Bonchev–Trinajstić information content (AvgIpc) is 2.51. The summed E-state index contributed by atoms with van der Waals surface area (Å²) < 4.78 is 29.2. The number of ether oxygens (including phenoxy) is 1. The first-order chi connectivity index (χ1) is 5.70. The van der Waals surface area contributed by atoms with E-state index in [4.69, 9.17) is 10.5 Å². The molecule has 2 atom stereocenters. The van der Waals surface area contributed by atoms with E-state index >= 15 is 0 Å². The topological polar surface area (TPSA) is 35.2 Å². The molecule has 0 aromatic heterocycles. The lowest BCUT2D eigenvalue weighted by Crippen LogP contribution is -2.29. The molecule has 0 aromatic rings. The Bertz CT molecular complexity index is 124. The van der Waals surface area contributed by atoms with Gasteiger partial charge in [0.2, 0.25) is 0 Å². The van der Waals surface area contributed by atoms with Crippen LogP contribution in [0.2, 0.25) is 0 Å².